The Morgan fingerprint density at radius 3 is 2.93 bits per heavy atom. The van der Waals surface area contributed by atoms with Crippen molar-refractivity contribution in [2.45, 2.75) is 44.1 Å². The third kappa shape index (κ3) is 2.96. The molecule has 1 aromatic carbocycles. The number of halogens is 1. The predicted octanol–water partition coefficient (Wildman–Crippen LogP) is 2.50. The van der Waals surface area contributed by atoms with Crippen molar-refractivity contribution in [2.24, 2.45) is 0 Å². The van der Waals surface area contributed by atoms with Gasteiger partial charge >= 0.3 is 0 Å². The van der Waals surface area contributed by atoms with Gasteiger partial charge in [0.05, 0.1) is 0 Å². The quantitative estimate of drug-likeness (QED) is 0.812. The Balaban J connectivity index is 1.32. The highest BCUT2D eigenvalue weighted by Crippen LogP contribution is 2.52. The molecule has 3 aliphatic rings. The topological polar surface area (TPSA) is 80.1 Å². The fourth-order valence-corrected chi connectivity index (χ4v) is 4.58. The molecule has 7 nitrogen and oxygen atoms in total. The average Bonchev–Trinajstić information content (AvgIpc) is 3.30. The molecule has 2 aliphatic heterocycles. The van der Waals surface area contributed by atoms with E-state index in [1.807, 2.05) is 16.8 Å². The van der Waals surface area contributed by atoms with Crippen molar-refractivity contribution in [3.8, 4) is 0 Å². The Kier molecular flexibility index (Phi) is 3.86. The molecule has 2 aromatic rings. The molecule has 140 valence electrons. The second kappa shape index (κ2) is 6.15. The van der Waals surface area contributed by atoms with Gasteiger partial charge in [-0.15, -0.1) is 5.10 Å². The standard InChI is InChI=1S/C19H20BrN5O2/c20-12-4-5-13-14(9-12)19(6-7-19)11-24(17(13)27)10-16(26)22-18-21-15-3-1-2-8-25(15)23-18/h4-5,9H,1-3,6-8,10-11H2,(H,22,23,26). The lowest BCUT2D eigenvalue weighted by Gasteiger charge is -2.34. The number of anilines is 1. The molecule has 1 N–H and O–H groups in total. The van der Waals surface area contributed by atoms with Crippen LogP contribution >= 0.6 is 15.9 Å². The Morgan fingerprint density at radius 1 is 1.30 bits per heavy atom. The second-order valence-corrected chi connectivity index (χ2v) is 8.63. The van der Waals surface area contributed by atoms with E-state index < -0.39 is 0 Å². The minimum Gasteiger partial charge on any atom is -0.328 e. The van der Waals surface area contributed by atoms with E-state index in [9.17, 15) is 9.59 Å². The molecular formula is C19H20BrN5O2. The van der Waals surface area contributed by atoms with Crippen LogP contribution in [0.2, 0.25) is 0 Å². The molecule has 1 aliphatic carbocycles. The number of nitrogens with zero attached hydrogens (tertiary/aromatic N) is 4. The van der Waals surface area contributed by atoms with E-state index in [0.29, 0.717) is 18.1 Å². The smallest absolute Gasteiger partial charge is 0.254 e. The maximum Gasteiger partial charge on any atom is 0.254 e. The Morgan fingerprint density at radius 2 is 2.15 bits per heavy atom. The number of fused-ring (bicyclic) bond motifs is 3. The van der Waals surface area contributed by atoms with Crippen LogP contribution in [0.5, 0.6) is 0 Å². The maximum atomic E-state index is 12.9. The number of rotatable bonds is 3. The Bertz CT molecular complexity index is 926. The summed E-state index contributed by atoms with van der Waals surface area (Å²) in [4.78, 5) is 31.5. The summed E-state index contributed by atoms with van der Waals surface area (Å²) in [5, 5.41) is 7.12. The van der Waals surface area contributed by atoms with E-state index >= 15 is 0 Å². The largest absolute Gasteiger partial charge is 0.328 e. The highest BCUT2D eigenvalue weighted by Gasteiger charge is 2.51. The molecular weight excluding hydrogens is 410 g/mol. The van der Waals surface area contributed by atoms with Crippen molar-refractivity contribution in [3.05, 3.63) is 39.6 Å². The molecule has 27 heavy (non-hydrogen) atoms. The molecule has 5 rings (SSSR count). The van der Waals surface area contributed by atoms with Crippen LogP contribution in [0.25, 0.3) is 0 Å². The van der Waals surface area contributed by atoms with Crippen molar-refractivity contribution in [1.29, 1.82) is 0 Å². The summed E-state index contributed by atoms with van der Waals surface area (Å²) in [7, 11) is 0. The summed E-state index contributed by atoms with van der Waals surface area (Å²) >= 11 is 3.50. The lowest BCUT2D eigenvalue weighted by Crippen LogP contribution is -2.46. The number of nitrogens with one attached hydrogen (secondary N) is 1. The first-order chi connectivity index (χ1) is 13.0. The summed E-state index contributed by atoms with van der Waals surface area (Å²) in [5.41, 5.74) is 1.84. The van der Waals surface area contributed by atoms with Crippen LogP contribution < -0.4 is 5.32 Å². The molecule has 0 saturated heterocycles. The average molecular weight is 430 g/mol. The van der Waals surface area contributed by atoms with Gasteiger partial charge in [-0.2, -0.15) is 4.98 Å². The number of hydrogen-bond acceptors (Lipinski definition) is 4. The number of aromatic nitrogens is 3. The van der Waals surface area contributed by atoms with Gasteiger partial charge in [0.2, 0.25) is 11.9 Å². The van der Waals surface area contributed by atoms with E-state index in [1.165, 1.54) is 0 Å². The lowest BCUT2D eigenvalue weighted by atomic mass is 9.86. The first-order valence-electron chi connectivity index (χ1n) is 9.37. The van der Waals surface area contributed by atoms with E-state index in [2.05, 4.69) is 37.4 Å². The van der Waals surface area contributed by atoms with E-state index in [4.69, 9.17) is 0 Å². The van der Waals surface area contributed by atoms with Crippen molar-refractivity contribution in [1.82, 2.24) is 19.7 Å². The maximum absolute atomic E-state index is 12.9. The number of carbonyl (C=O) groups is 2. The lowest BCUT2D eigenvalue weighted by molar-refractivity contribution is -0.117. The second-order valence-electron chi connectivity index (χ2n) is 7.71. The van der Waals surface area contributed by atoms with Crippen LogP contribution in [0.15, 0.2) is 22.7 Å². The molecule has 3 heterocycles. The molecule has 0 atom stereocenters. The van der Waals surface area contributed by atoms with Gasteiger partial charge in [-0.1, -0.05) is 15.9 Å². The van der Waals surface area contributed by atoms with Crippen LogP contribution in [-0.2, 0) is 23.2 Å². The molecule has 1 fully saturated rings. The fraction of sp³-hybridized carbons (Fsp3) is 0.474. The zero-order valence-electron chi connectivity index (χ0n) is 14.9. The van der Waals surface area contributed by atoms with E-state index in [-0.39, 0.29) is 23.8 Å². The Hall–Kier alpha value is -2.22. The fourth-order valence-electron chi connectivity index (χ4n) is 4.21. The summed E-state index contributed by atoms with van der Waals surface area (Å²) < 4.78 is 2.85. The molecule has 0 unspecified atom stereocenters. The van der Waals surface area contributed by atoms with E-state index in [1.54, 1.807) is 4.90 Å². The molecule has 1 saturated carbocycles. The van der Waals surface area contributed by atoms with Crippen LogP contribution in [0, 0.1) is 0 Å². The van der Waals surface area contributed by atoms with Crippen molar-refractivity contribution < 1.29 is 9.59 Å². The van der Waals surface area contributed by atoms with Crippen LogP contribution in [-0.4, -0.2) is 44.6 Å². The van der Waals surface area contributed by atoms with Gasteiger partial charge in [0.1, 0.15) is 12.4 Å². The third-order valence-corrected chi connectivity index (χ3v) is 6.27. The predicted molar refractivity (Wildman–Crippen MR) is 103 cm³/mol. The minimum atomic E-state index is -0.248. The van der Waals surface area contributed by atoms with Gasteiger partial charge in [-0.25, -0.2) is 4.68 Å². The van der Waals surface area contributed by atoms with E-state index in [0.717, 1.165) is 54.5 Å². The van der Waals surface area contributed by atoms with Gasteiger partial charge < -0.3 is 4.90 Å². The molecule has 0 bridgehead atoms. The van der Waals surface area contributed by atoms with Gasteiger partial charge in [-0.05, 0) is 49.4 Å². The molecule has 1 spiro atoms. The molecule has 1 aromatic heterocycles. The van der Waals surface area contributed by atoms with Crippen molar-refractivity contribution >= 4 is 33.7 Å². The SMILES string of the molecule is O=C(CN1CC2(CC2)c2cc(Br)ccc2C1=O)Nc1nc2n(n1)CCCC2. The van der Waals surface area contributed by atoms with Crippen LogP contribution in [0.3, 0.4) is 0 Å². The van der Waals surface area contributed by atoms with Gasteiger partial charge in [0.25, 0.3) is 5.91 Å². The highest BCUT2D eigenvalue weighted by molar-refractivity contribution is 9.10. The van der Waals surface area contributed by atoms with Crippen molar-refractivity contribution in [2.75, 3.05) is 18.4 Å². The van der Waals surface area contributed by atoms with Gasteiger partial charge in [0.15, 0.2) is 0 Å². The monoisotopic (exact) mass is 429 g/mol. The minimum absolute atomic E-state index is 0.0129. The van der Waals surface area contributed by atoms with Crippen molar-refractivity contribution in [3.63, 3.8) is 0 Å². The summed E-state index contributed by atoms with van der Waals surface area (Å²) in [6.45, 7) is 1.47. The number of aryl methyl sites for hydroxylation is 2. The zero-order chi connectivity index (χ0) is 18.6. The van der Waals surface area contributed by atoms with Gasteiger partial charge in [0, 0.05) is 35.0 Å². The molecule has 8 heteroatoms. The summed E-state index contributed by atoms with van der Waals surface area (Å²) in [6, 6.07) is 5.80. The number of benzene rings is 1. The number of carbonyl (C=O) groups excluding carboxylic acids is 2. The normalized spacial score (nSPS) is 19.6. The first-order valence-corrected chi connectivity index (χ1v) is 10.2. The van der Waals surface area contributed by atoms with Gasteiger partial charge in [-0.3, -0.25) is 14.9 Å². The Labute approximate surface area is 165 Å². The third-order valence-electron chi connectivity index (χ3n) is 5.77. The van der Waals surface area contributed by atoms with Crippen LogP contribution in [0.1, 0.15) is 47.4 Å². The number of hydrogen-bond donors (Lipinski definition) is 1. The summed E-state index contributed by atoms with van der Waals surface area (Å²) in [5.74, 6) is 0.929. The zero-order valence-corrected chi connectivity index (χ0v) is 16.5. The molecule has 0 radical (unpaired) electrons. The van der Waals surface area contributed by atoms with Crippen LogP contribution in [0.4, 0.5) is 5.95 Å². The summed E-state index contributed by atoms with van der Waals surface area (Å²) in [6.07, 6.45) is 5.19. The molecule has 2 amide bonds. The highest BCUT2D eigenvalue weighted by atomic mass is 79.9. The number of amides is 2. The first kappa shape index (κ1) is 16.9.